The van der Waals surface area contributed by atoms with E-state index < -0.39 is 0 Å². The Morgan fingerprint density at radius 1 is 1.00 bits per heavy atom. The van der Waals surface area contributed by atoms with Crippen molar-refractivity contribution < 1.29 is 33.0 Å². The van der Waals surface area contributed by atoms with Gasteiger partial charge in [0.15, 0.2) is 17.3 Å². The number of benzene rings is 2. The van der Waals surface area contributed by atoms with Gasteiger partial charge in [0.25, 0.3) is 0 Å². The third-order valence-electron chi connectivity index (χ3n) is 5.41. The van der Waals surface area contributed by atoms with E-state index in [-0.39, 0.29) is 29.9 Å². The Morgan fingerprint density at radius 3 is 2.58 bits per heavy atom. The van der Waals surface area contributed by atoms with E-state index in [1.807, 2.05) is 12.1 Å². The smallest absolute Gasteiger partial charge is 0.312 e. The maximum atomic E-state index is 12.9. The molecular weight excluding hydrogens is 400 g/mol. The third kappa shape index (κ3) is 3.15. The fourth-order valence-electron chi connectivity index (χ4n) is 3.96. The molecule has 0 aliphatic carbocycles. The second kappa shape index (κ2) is 7.36. The van der Waals surface area contributed by atoms with Crippen LogP contribution in [0.1, 0.15) is 39.6 Å². The molecule has 2 aromatic carbocycles. The van der Waals surface area contributed by atoms with Gasteiger partial charge in [0, 0.05) is 17.6 Å². The minimum absolute atomic E-state index is 0.105. The van der Waals surface area contributed by atoms with Crippen molar-refractivity contribution in [1.29, 1.82) is 0 Å². The molecule has 0 fully saturated rings. The predicted octanol–water partition coefficient (Wildman–Crippen LogP) is 4.35. The summed E-state index contributed by atoms with van der Waals surface area (Å²) in [6.07, 6.45) is 3.18. The van der Waals surface area contributed by atoms with Gasteiger partial charge in [-0.15, -0.1) is 0 Å². The van der Waals surface area contributed by atoms with E-state index in [4.69, 9.17) is 23.4 Å². The van der Waals surface area contributed by atoms with E-state index >= 15 is 0 Å². The summed E-state index contributed by atoms with van der Waals surface area (Å²) in [6, 6.07) is 12.2. The summed E-state index contributed by atoms with van der Waals surface area (Å²) in [7, 11) is 3.11. The van der Waals surface area contributed by atoms with Gasteiger partial charge in [0.2, 0.25) is 5.78 Å². The number of fused-ring (bicyclic) bond motifs is 3. The molecule has 1 unspecified atom stereocenters. The van der Waals surface area contributed by atoms with Crippen LogP contribution in [0, 0.1) is 0 Å². The Hall–Kier alpha value is -4.00. The number of hydrogen-bond acceptors (Lipinski definition) is 7. The normalized spacial score (nSPS) is 18.3. The van der Waals surface area contributed by atoms with Gasteiger partial charge >= 0.3 is 5.97 Å². The van der Waals surface area contributed by atoms with Gasteiger partial charge in [-0.3, -0.25) is 9.59 Å². The molecule has 2 aliphatic heterocycles. The molecular formula is C24H18O7. The number of rotatable bonds is 4. The largest absolute Gasteiger partial charge is 0.493 e. The van der Waals surface area contributed by atoms with Gasteiger partial charge in [-0.1, -0.05) is 6.07 Å². The summed E-state index contributed by atoms with van der Waals surface area (Å²) < 4.78 is 27.5. The molecule has 7 heteroatoms. The van der Waals surface area contributed by atoms with Crippen LogP contribution in [0.4, 0.5) is 0 Å². The van der Waals surface area contributed by atoms with Crippen LogP contribution in [-0.4, -0.2) is 26.0 Å². The number of Topliss-reactive ketones (excluding diaryl/α,β-unsaturated/α-hetero) is 1. The molecule has 3 aromatic rings. The first-order chi connectivity index (χ1) is 15.1. The SMILES string of the molecule is COc1ccc(C2CC(=O)Oc3ccc4c(c32)O/C(=C\c2ccco2)C4=O)cc1OC. The van der Waals surface area contributed by atoms with Crippen LogP contribution in [0.3, 0.4) is 0 Å². The van der Waals surface area contributed by atoms with Crippen molar-refractivity contribution >= 4 is 17.8 Å². The number of methoxy groups -OCH3 is 2. The van der Waals surface area contributed by atoms with Crippen molar-refractivity contribution in [3.8, 4) is 23.0 Å². The summed E-state index contributed by atoms with van der Waals surface area (Å²) >= 11 is 0. The molecule has 7 nitrogen and oxygen atoms in total. The van der Waals surface area contributed by atoms with Gasteiger partial charge in [0.1, 0.15) is 17.3 Å². The maximum absolute atomic E-state index is 12.9. The topological polar surface area (TPSA) is 84.2 Å². The quantitative estimate of drug-likeness (QED) is 0.354. The Bertz CT molecular complexity index is 1220. The van der Waals surface area contributed by atoms with E-state index in [2.05, 4.69) is 0 Å². The molecule has 0 N–H and O–H groups in total. The van der Waals surface area contributed by atoms with Crippen molar-refractivity contribution in [1.82, 2.24) is 0 Å². The number of ether oxygens (including phenoxy) is 4. The van der Waals surface area contributed by atoms with Crippen LogP contribution >= 0.6 is 0 Å². The fourth-order valence-corrected chi connectivity index (χ4v) is 3.96. The highest BCUT2D eigenvalue weighted by atomic mass is 16.5. The second-order valence-electron chi connectivity index (χ2n) is 7.15. The van der Waals surface area contributed by atoms with Gasteiger partial charge in [-0.2, -0.15) is 0 Å². The molecule has 5 rings (SSSR count). The molecule has 3 heterocycles. The van der Waals surface area contributed by atoms with Crippen LogP contribution in [0.25, 0.3) is 6.08 Å². The molecule has 0 saturated carbocycles. The molecule has 0 amide bonds. The van der Waals surface area contributed by atoms with Crippen molar-refractivity contribution in [3.63, 3.8) is 0 Å². The molecule has 0 bridgehead atoms. The van der Waals surface area contributed by atoms with Crippen LogP contribution in [0.5, 0.6) is 23.0 Å². The second-order valence-corrected chi connectivity index (χ2v) is 7.15. The minimum atomic E-state index is -0.373. The molecule has 0 saturated heterocycles. The Labute approximate surface area is 177 Å². The number of esters is 1. The van der Waals surface area contributed by atoms with Gasteiger partial charge in [0.05, 0.1) is 32.5 Å². The Morgan fingerprint density at radius 2 is 1.84 bits per heavy atom. The minimum Gasteiger partial charge on any atom is -0.493 e. The number of ketones is 1. The highest BCUT2D eigenvalue weighted by Gasteiger charge is 2.38. The lowest BCUT2D eigenvalue weighted by Gasteiger charge is -2.26. The number of carbonyl (C=O) groups excluding carboxylic acids is 2. The van der Waals surface area contributed by atoms with Crippen molar-refractivity contribution in [2.24, 2.45) is 0 Å². The summed E-state index contributed by atoms with van der Waals surface area (Å²) in [5.74, 6) is 1.58. The Kier molecular flexibility index (Phi) is 4.51. The summed E-state index contributed by atoms with van der Waals surface area (Å²) in [6.45, 7) is 0. The molecule has 2 aliphatic rings. The average Bonchev–Trinajstić information content (AvgIpc) is 3.40. The molecule has 1 atom stereocenters. The van der Waals surface area contributed by atoms with E-state index in [0.29, 0.717) is 39.9 Å². The van der Waals surface area contributed by atoms with E-state index in [0.717, 1.165) is 5.56 Å². The number of furan rings is 1. The van der Waals surface area contributed by atoms with E-state index in [9.17, 15) is 9.59 Å². The van der Waals surface area contributed by atoms with Gasteiger partial charge in [-0.05, 0) is 42.0 Å². The summed E-state index contributed by atoms with van der Waals surface area (Å²) in [5.41, 5.74) is 1.89. The highest BCUT2D eigenvalue weighted by Crippen LogP contribution is 2.49. The zero-order valence-corrected chi connectivity index (χ0v) is 16.8. The first-order valence-corrected chi connectivity index (χ1v) is 9.66. The van der Waals surface area contributed by atoms with Crippen molar-refractivity contribution in [3.05, 3.63) is 76.9 Å². The molecule has 0 radical (unpaired) electrons. The number of carbonyl (C=O) groups is 2. The first-order valence-electron chi connectivity index (χ1n) is 9.66. The molecule has 156 valence electrons. The first kappa shape index (κ1) is 19.0. The van der Waals surface area contributed by atoms with E-state index in [1.54, 1.807) is 50.6 Å². The molecule has 31 heavy (non-hydrogen) atoms. The average molecular weight is 418 g/mol. The van der Waals surface area contributed by atoms with E-state index in [1.165, 1.54) is 6.26 Å². The predicted molar refractivity (Wildman–Crippen MR) is 110 cm³/mol. The van der Waals surface area contributed by atoms with Crippen LogP contribution in [-0.2, 0) is 4.79 Å². The third-order valence-corrected chi connectivity index (χ3v) is 5.41. The lowest BCUT2D eigenvalue weighted by Crippen LogP contribution is -2.21. The fraction of sp³-hybridized carbons (Fsp3) is 0.167. The monoisotopic (exact) mass is 418 g/mol. The zero-order chi connectivity index (χ0) is 21.5. The number of allylic oxidation sites excluding steroid dienone is 1. The summed E-state index contributed by atoms with van der Waals surface area (Å²) in [4.78, 5) is 25.2. The van der Waals surface area contributed by atoms with Gasteiger partial charge in [-0.25, -0.2) is 0 Å². The summed E-state index contributed by atoms with van der Waals surface area (Å²) in [5, 5.41) is 0. The van der Waals surface area contributed by atoms with Crippen LogP contribution in [0.15, 0.2) is 58.9 Å². The Balaban J connectivity index is 1.63. The molecule has 0 spiro atoms. The molecule has 1 aromatic heterocycles. The standard InChI is InChI=1S/C24H18O7/c1-27-17-7-5-13(10-19(17)28-2)16-12-21(25)30-18-8-6-15-23(26)20(31-24(15)22(16)18)11-14-4-3-9-29-14/h3-11,16H,12H2,1-2H3/b20-11-. The number of hydrogen-bond donors (Lipinski definition) is 0. The maximum Gasteiger partial charge on any atom is 0.312 e. The van der Waals surface area contributed by atoms with Crippen LogP contribution in [0.2, 0.25) is 0 Å². The zero-order valence-electron chi connectivity index (χ0n) is 16.8. The lowest BCUT2D eigenvalue weighted by atomic mass is 9.84. The lowest BCUT2D eigenvalue weighted by molar-refractivity contribution is -0.135. The highest BCUT2D eigenvalue weighted by molar-refractivity contribution is 6.15. The van der Waals surface area contributed by atoms with Crippen molar-refractivity contribution in [2.45, 2.75) is 12.3 Å². The van der Waals surface area contributed by atoms with Gasteiger partial charge < -0.3 is 23.4 Å². The van der Waals surface area contributed by atoms with Crippen molar-refractivity contribution in [2.75, 3.05) is 14.2 Å². The van der Waals surface area contributed by atoms with Crippen LogP contribution < -0.4 is 18.9 Å².